The Labute approximate surface area is 99.9 Å². The zero-order valence-electron chi connectivity index (χ0n) is 8.69. The van der Waals surface area contributed by atoms with Crippen molar-refractivity contribution in [2.75, 3.05) is 16.8 Å². The first-order valence-electron chi connectivity index (χ1n) is 5.13. The van der Waals surface area contributed by atoms with Gasteiger partial charge in [-0.25, -0.2) is 8.42 Å². The number of hydrogen-bond donors (Lipinski definition) is 1. The largest absolute Gasteiger partial charge is 0.380 e. The fourth-order valence-corrected chi connectivity index (χ4v) is 3.66. The van der Waals surface area contributed by atoms with Crippen molar-refractivity contribution >= 4 is 27.1 Å². The molecule has 16 heavy (non-hydrogen) atoms. The first kappa shape index (κ1) is 11.7. The van der Waals surface area contributed by atoms with E-state index in [0.29, 0.717) is 17.2 Å². The van der Waals surface area contributed by atoms with Crippen LogP contribution in [0.1, 0.15) is 12.8 Å². The van der Waals surface area contributed by atoms with Gasteiger partial charge in [0.05, 0.1) is 22.2 Å². The van der Waals surface area contributed by atoms with E-state index in [9.17, 15) is 8.42 Å². The van der Waals surface area contributed by atoms with Gasteiger partial charge in [0.25, 0.3) is 0 Å². The third-order valence-corrected chi connectivity index (χ3v) is 4.72. The van der Waals surface area contributed by atoms with Crippen LogP contribution in [0.5, 0.6) is 0 Å². The Bertz CT molecular complexity index is 475. The van der Waals surface area contributed by atoms with E-state index >= 15 is 0 Å². The Hall–Kier alpha value is -0.810. The van der Waals surface area contributed by atoms with Gasteiger partial charge in [-0.3, -0.25) is 4.98 Å². The van der Waals surface area contributed by atoms with Crippen LogP contribution in [0.2, 0.25) is 5.02 Å². The normalized spacial score (nSPS) is 23.9. The third-order valence-electron chi connectivity index (χ3n) is 2.60. The summed E-state index contributed by atoms with van der Waals surface area (Å²) in [6, 6.07) is 1.71. The van der Waals surface area contributed by atoms with Crippen LogP contribution < -0.4 is 5.32 Å². The summed E-state index contributed by atoms with van der Waals surface area (Å²) in [6.07, 6.45) is 4.74. The van der Waals surface area contributed by atoms with Crippen LogP contribution in [0.4, 0.5) is 5.69 Å². The van der Waals surface area contributed by atoms with Gasteiger partial charge in [-0.15, -0.1) is 0 Å². The highest BCUT2D eigenvalue weighted by atomic mass is 35.5. The molecule has 4 nitrogen and oxygen atoms in total. The summed E-state index contributed by atoms with van der Waals surface area (Å²) >= 11 is 5.94. The lowest BCUT2D eigenvalue weighted by Gasteiger charge is -2.24. The highest BCUT2D eigenvalue weighted by Gasteiger charge is 2.24. The Morgan fingerprint density at radius 3 is 3.00 bits per heavy atom. The van der Waals surface area contributed by atoms with Crippen LogP contribution in [-0.2, 0) is 9.84 Å². The lowest BCUT2D eigenvalue weighted by Crippen LogP contribution is -2.34. The smallest absolute Gasteiger partial charge is 0.152 e. The monoisotopic (exact) mass is 260 g/mol. The van der Waals surface area contributed by atoms with Gasteiger partial charge in [-0.05, 0) is 18.9 Å². The molecular weight excluding hydrogens is 248 g/mol. The summed E-state index contributed by atoms with van der Waals surface area (Å²) in [5, 5.41) is 3.67. The number of aromatic nitrogens is 1. The molecule has 1 aliphatic heterocycles. The number of halogens is 1. The first-order chi connectivity index (χ1) is 7.57. The van der Waals surface area contributed by atoms with E-state index in [0.717, 1.165) is 12.1 Å². The fraction of sp³-hybridized carbons (Fsp3) is 0.500. The molecule has 88 valence electrons. The average Bonchev–Trinajstić information content (AvgIpc) is 2.20. The van der Waals surface area contributed by atoms with Crippen molar-refractivity contribution in [1.82, 2.24) is 4.98 Å². The molecule has 0 amide bonds. The van der Waals surface area contributed by atoms with Crippen LogP contribution in [0.15, 0.2) is 18.5 Å². The molecule has 1 fully saturated rings. The zero-order chi connectivity index (χ0) is 11.6. The summed E-state index contributed by atoms with van der Waals surface area (Å²) in [7, 11) is -2.89. The number of pyridine rings is 1. The van der Waals surface area contributed by atoms with Crippen molar-refractivity contribution in [3.8, 4) is 0 Å². The molecule has 0 radical (unpaired) electrons. The summed E-state index contributed by atoms with van der Waals surface area (Å²) in [4.78, 5) is 3.88. The van der Waals surface area contributed by atoms with Crippen LogP contribution in [0.25, 0.3) is 0 Å². The molecule has 1 saturated heterocycles. The zero-order valence-corrected chi connectivity index (χ0v) is 10.3. The Morgan fingerprint density at radius 2 is 2.31 bits per heavy atom. The summed E-state index contributed by atoms with van der Waals surface area (Å²) in [5.74, 6) is 0.487. The van der Waals surface area contributed by atoms with Crippen LogP contribution >= 0.6 is 11.6 Å². The van der Waals surface area contributed by atoms with Crippen molar-refractivity contribution in [3.63, 3.8) is 0 Å². The first-order valence-corrected chi connectivity index (χ1v) is 7.33. The number of rotatable bonds is 2. The molecule has 1 aromatic rings. The molecule has 2 rings (SSSR count). The van der Waals surface area contributed by atoms with Gasteiger partial charge >= 0.3 is 0 Å². The minimum Gasteiger partial charge on any atom is -0.380 e. The number of nitrogens with zero attached hydrogens (tertiary/aromatic N) is 1. The number of anilines is 1. The molecule has 0 aromatic carbocycles. The minimum absolute atomic E-state index is 0.0429. The van der Waals surface area contributed by atoms with Gasteiger partial charge < -0.3 is 5.32 Å². The van der Waals surface area contributed by atoms with Gasteiger partial charge in [0.2, 0.25) is 0 Å². The van der Waals surface area contributed by atoms with Crippen molar-refractivity contribution in [1.29, 1.82) is 0 Å². The SMILES string of the molecule is O=S1(=O)CCCC(Nc2ccncc2Cl)C1. The van der Waals surface area contributed by atoms with E-state index in [1.807, 2.05) is 0 Å². The molecule has 1 aromatic heterocycles. The van der Waals surface area contributed by atoms with Gasteiger partial charge in [0.1, 0.15) is 0 Å². The second-order valence-corrected chi connectivity index (χ2v) is 6.59. The Kier molecular flexibility index (Phi) is 3.35. The maximum absolute atomic E-state index is 11.5. The molecule has 0 bridgehead atoms. The second-order valence-electron chi connectivity index (χ2n) is 3.95. The molecule has 1 unspecified atom stereocenters. The van der Waals surface area contributed by atoms with E-state index in [1.165, 1.54) is 0 Å². The van der Waals surface area contributed by atoms with Crippen LogP contribution in [0.3, 0.4) is 0 Å². The van der Waals surface area contributed by atoms with E-state index < -0.39 is 9.84 Å². The topological polar surface area (TPSA) is 59.1 Å². The highest BCUT2D eigenvalue weighted by Crippen LogP contribution is 2.23. The lowest BCUT2D eigenvalue weighted by atomic mass is 10.2. The second kappa shape index (κ2) is 4.59. The maximum Gasteiger partial charge on any atom is 0.152 e. The highest BCUT2D eigenvalue weighted by molar-refractivity contribution is 7.91. The van der Waals surface area contributed by atoms with Crippen molar-refractivity contribution in [2.24, 2.45) is 0 Å². The lowest BCUT2D eigenvalue weighted by molar-refractivity contribution is 0.562. The quantitative estimate of drug-likeness (QED) is 0.880. The van der Waals surface area contributed by atoms with Gasteiger partial charge in [0, 0.05) is 18.4 Å². The molecule has 1 N–H and O–H groups in total. The maximum atomic E-state index is 11.5. The minimum atomic E-state index is -2.89. The van der Waals surface area contributed by atoms with Crippen LogP contribution in [0, 0.1) is 0 Å². The van der Waals surface area contributed by atoms with E-state index in [1.54, 1.807) is 18.5 Å². The van der Waals surface area contributed by atoms with E-state index in [2.05, 4.69) is 10.3 Å². The summed E-state index contributed by atoms with van der Waals surface area (Å²) in [5.41, 5.74) is 0.749. The molecule has 0 aliphatic carbocycles. The average molecular weight is 261 g/mol. The predicted octanol–water partition coefficient (Wildman–Crippen LogP) is 1.72. The molecule has 2 heterocycles. The number of sulfone groups is 1. The number of hydrogen-bond acceptors (Lipinski definition) is 4. The fourth-order valence-electron chi connectivity index (χ4n) is 1.85. The molecule has 1 aliphatic rings. The van der Waals surface area contributed by atoms with Gasteiger partial charge in [-0.1, -0.05) is 11.6 Å². The van der Waals surface area contributed by atoms with Crippen molar-refractivity contribution < 1.29 is 8.42 Å². The van der Waals surface area contributed by atoms with E-state index in [-0.39, 0.29) is 11.8 Å². The molecular formula is C10H13ClN2O2S. The van der Waals surface area contributed by atoms with Crippen molar-refractivity contribution in [2.45, 2.75) is 18.9 Å². The van der Waals surface area contributed by atoms with Gasteiger partial charge in [-0.2, -0.15) is 0 Å². The summed E-state index contributed by atoms with van der Waals surface area (Å²) < 4.78 is 22.9. The Balaban J connectivity index is 2.08. The van der Waals surface area contributed by atoms with Crippen LogP contribution in [-0.4, -0.2) is 30.9 Å². The number of nitrogens with one attached hydrogen (secondary N) is 1. The molecule has 0 saturated carbocycles. The third kappa shape index (κ3) is 2.86. The molecule has 6 heteroatoms. The Morgan fingerprint density at radius 1 is 1.50 bits per heavy atom. The molecule has 1 atom stereocenters. The standard InChI is InChI=1S/C10H13ClN2O2S/c11-9-6-12-4-3-10(9)13-8-2-1-5-16(14,15)7-8/h3-4,6,8H,1-2,5,7H2,(H,12,13). The van der Waals surface area contributed by atoms with Gasteiger partial charge in [0.15, 0.2) is 9.84 Å². The molecule has 0 spiro atoms. The van der Waals surface area contributed by atoms with Crippen molar-refractivity contribution in [3.05, 3.63) is 23.5 Å². The summed E-state index contributed by atoms with van der Waals surface area (Å²) in [6.45, 7) is 0. The predicted molar refractivity (Wildman–Crippen MR) is 64.5 cm³/mol. The van der Waals surface area contributed by atoms with E-state index in [4.69, 9.17) is 11.6 Å².